The fraction of sp³-hybridized carbons (Fsp3) is 0.261. The second-order valence-corrected chi connectivity index (χ2v) is 8.19. The van der Waals surface area contributed by atoms with Crippen molar-refractivity contribution in [3.63, 3.8) is 0 Å². The van der Waals surface area contributed by atoms with Crippen LogP contribution >= 0.6 is 0 Å². The molecule has 1 unspecified atom stereocenters. The first-order valence-corrected chi connectivity index (χ1v) is 11.6. The molecule has 0 saturated heterocycles. The number of imidazole rings is 1. The molecule has 2 aromatic heterocycles. The van der Waals surface area contributed by atoms with Gasteiger partial charge in [-0.2, -0.15) is 0 Å². The van der Waals surface area contributed by atoms with Gasteiger partial charge in [0.2, 0.25) is 0 Å². The standard InChI is InChI=1S/C23H24N4O5S/c1-2-13-27-22(28)20-21(26(23(27)29)14-12-16-6-4-3-5-7-16)25-19(24-20)15-17-8-10-18(11-9-17)32-33(30)31/h3-11H,2,12-15H2,1H3,(H,24,25)(H,30,31)/p-1. The molecule has 2 heterocycles. The van der Waals surface area contributed by atoms with Crippen LogP contribution in [-0.2, 0) is 37.3 Å². The smallest absolute Gasteiger partial charge is 0.332 e. The summed E-state index contributed by atoms with van der Waals surface area (Å²) in [6.07, 6.45) is 1.66. The zero-order chi connectivity index (χ0) is 23.4. The van der Waals surface area contributed by atoms with Crippen molar-refractivity contribution in [1.82, 2.24) is 19.1 Å². The van der Waals surface area contributed by atoms with E-state index in [0.29, 0.717) is 49.3 Å². The monoisotopic (exact) mass is 467 g/mol. The predicted octanol–water partition coefficient (Wildman–Crippen LogP) is 2.30. The normalized spacial score (nSPS) is 12.2. The predicted molar refractivity (Wildman–Crippen MR) is 124 cm³/mol. The number of rotatable bonds is 9. The van der Waals surface area contributed by atoms with Crippen LogP contribution in [0.4, 0.5) is 0 Å². The summed E-state index contributed by atoms with van der Waals surface area (Å²) in [6, 6.07) is 16.3. The van der Waals surface area contributed by atoms with Gasteiger partial charge in [-0.25, -0.2) is 14.0 Å². The van der Waals surface area contributed by atoms with Crippen molar-refractivity contribution in [3.05, 3.63) is 92.4 Å². The maximum atomic E-state index is 13.1. The van der Waals surface area contributed by atoms with Gasteiger partial charge in [-0.15, -0.1) is 0 Å². The second-order valence-electron chi connectivity index (χ2n) is 7.62. The molecule has 1 atom stereocenters. The summed E-state index contributed by atoms with van der Waals surface area (Å²) in [7, 11) is 0. The Labute approximate surface area is 192 Å². The Bertz CT molecular complexity index is 1390. The number of fused-ring (bicyclic) bond motifs is 1. The zero-order valence-corrected chi connectivity index (χ0v) is 18.8. The lowest BCUT2D eigenvalue weighted by molar-refractivity contribution is 0.440. The minimum Gasteiger partial charge on any atom is -0.740 e. The molecule has 0 spiro atoms. The van der Waals surface area contributed by atoms with Crippen LogP contribution in [0.3, 0.4) is 0 Å². The Kier molecular flexibility index (Phi) is 6.85. The molecule has 0 saturated carbocycles. The van der Waals surface area contributed by atoms with E-state index in [0.717, 1.165) is 11.1 Å². The fourth-order valence-electron chi connectivity index (χ4n) is 3.74. The molecule has 9 nitrogen and oxygen atoms in total. The van der Waals surface area contributed by atoms with Gasteiger partial charge in [0.05, 0.1) is 0 Å². The van der Waals surface area contributed by atoms with Crippen molar-refractivity contribution in [1.29, 1.82) is 0 Å². The number of aryl methyl sites for hydroxylation is 2. The minimum atomic E-state index is -2.64. The van der Waals surface area contributed by atoms with E-state index in [1.54, 1.807) is 16.7 Å². The van der Waals surface area contributed by atoms with Crippen LogP contribution in [0.25, 0.3) is 11.2 Å². The van der Waals surface area contributed by atoms with Crippen molar-refractivity contribution in [2.45, 2.75) is 39.3 Å². The van der Waals surface area contributed by atoms with Gasteiger partial charge in [-0.3, -0.25) is 13.9 Å². The number of aromatic nitrogens is 4. The summed E-state index contributed by atoms with van der Waals surface area (Å²) in [5, 5.41) is 0. The Morgan fingerprint density at radius 3 is 2.39 bits per heavy atom. The molecule has 0 bridgehead atoms. The lowest BCUT2D eigenvalue weighted by atomic mass is 10.1. The lowest BCUT2D eigenvalue weighted by Crippen LogP contribution is -2.40. The third-order valence-electron chi connectivity index (χ3n) is 5.28. The average Bonchev–Trinajstić information content (AvgIpc) is 3.22. The van der Waals surface area contributed by atoms with Crippen molar-refractivity contribution in [2.75, 3.05) is 0 Å². The maximum Gasteiger partial charge on any atom is 0.332 e. The SMILES string of the molecule is CCCn1c(=O)c2[nH]c(Cc3ccc(OS(=O)[O-])cc3)nc2n(CCc2ccccc2)c1=O. The van der Waals surface area contributed by atoms with E-state index in [1.807, 2.05) is 37.3 Å². The molecule has 1 N–H and O–H groups in total. The van der Waals surface area contributed by atoms with Gasteiger partial charge in [0.25, 0.3) is 5.56 Å². The number of benzene rings is 2. The van der Waals surface area contributed by atoms with E-state index in [1.165, 1.54) is 16.7 Å². The third-order valence-corrected chi connectivity index (χ3v) is 5.61. The van der Waals surface area contributed by atoms with E-state index in [2.05, 4.69) is 14.2 Å². The molecule has 4 aromatic rings. The van der Waals surface area contributed by atoms with Gasteiger partial charge in [-0.05, 0) is 36.1 Å². The van der Waals surface area contributed by atoms with Crippen molar-refractivity contribution in [2.24, 2.45) is 0 Å². The van der Waals surface area contributed by atoms with Crippen LogP contribution < -0.4 is 15.4 Å². The molecule has 0 aliphatic rings. The summed E-state index contributed by atoms with van der Waals surface area (Å²) in [5.41, 5.74) is 1.81. The molecular formula is C23H23N4O5S-. The van der Waals surface area contributed by atoms with E-state index >= 15 is 0 Å². The molecule has 0 amide bonds. The Balaban J connectivity index is 1.70. The van der Waals surface area contributed by atoms with Crippen molar-refractivity contribution >= 4 is 22.5 Å². The molecular weight excluding hydrogens is 444 g/mol. The molecule has 33 heavy (non-hydrogen) atoms. The van der Waals surface area contributed by atoms with Crippen molar-refractivity contribution in [3.8, 4) is 5.75 Å². The van der Waals surface area contributed by atoms with Crippen LogP contribution in [0.15, 0.2) is 64.2 Å². The van der Waals surface area contributed by atoms with Crippen molar-refractivity contribution < 1.29 is 12.9 Å². The van der Waals surface area contributed by atoms with Gasteiger partial charge >= 0.3 is 5.69 Å². The van der Waals surface area contributed by atoms with Crippen LogP contribution in [-0.4, -0.2) is 27.9 Å². The van der Waals surface area contributed by atoms with Crippen LogP contribution in [0, 0.1) is 0 Å². The Morgan fingerprint density at radius 1 is 1.00 bits per heavy atom. The number of nitrogens with zero attached hydrogens (tertiary/aromatic N) is 3. The van der Waals surface area contributed by atoms with Crippen LogP contribution in [0.2, 0.25) is 0 Å². The highest BCUT2D eigenvalue weighted by molar-refractivity contribution is 7.74. The van der Waals surface area contributed by atoms with Gasteiger partial charge in [-0.1, -0.05) is 49.4 Å². The number of nitrogens with one attached hydrogen (secondary N) is 1. The number of hydrogen-bond donors (Lipinski definition) is 1. The first-order chi connectivity index (χ1) is 16.0. The summed E-state index contributed by atoms with van der Waals surface area (Å²) in [6.45, 7) is 2.64. The first-order valence-electron chi connectivity index (χ1n) is 10.6. The van der Waals surface area contributed by atoms with Crippen LogP contribution in [0.1, 0.15) is 30.3 Å². The van der Waals surface area contributed by atoms with Gasteiger partial charge < -0.3 is 13.7 Å². The number of H-pyrrole nitrogens is 1. The summed E-state index contributed by atoms with van der Waals surface area (Å²) in [4.78, 5) is 33.8. The molecule has 4 rings (SSSR count). The number of hydrogen-bond acceptors (Lipinski definition) is 6. The highest BCUT2D eigenvalue weighted by Gasteiger charge is 2.17. The van der Waals surface area contributed by atoms with E-state index in [-0.39, 0.29) is 17.0 Å². The number of aromatic amines is 1. The molecule has 0 aliphatic carbocycles. The zero-order valence-electron chi connectivity index (χ0n) is 18.0. The maximum absolute atomic E-state index is 13.1. The van der Waals surface area contributed by atoms with Gasteiger partial charge in [0.1, 0.15) is 28.5 Å². The lowest BCUT2D eigenvalue weighted by Gasteiger charge is -2.10. The third kappa shape index (κ3) is 5.12. The average molecular weight is 468 g/mol. The highest BCUT2D eigenvalue weighted by Crippen LogP contribution is 2.16. The molecule has 10 heteroatoms. The molecule has 0 radical (unpaired) electrons. The van der Waals surface area contributed by atoms with Gasteiger partial charge in [0, 0.05) is 19.5 Å². The topological polar surface area (TPSA) is 122 Å². The summed E-state index contributed by atoms with van der Waals surface area (Å²) < 4.78 is 28.7. The minimum absolute atomic E-state index is 0.203. The molecule has 2 aromatic carbocycles. The van der Waals surface area contributed by atoms with E-state index < -0.39 is 11.4 Å². The molecule has 0 fully saturated rings. The first kappa shape index (κ1) is 22.7. The summed E-state index contributed by atoms with van der Waals surface area (Å²) >= 11 is -2.64. The molecule has 172 valence electrons. The quantitative estimate of drug-likeness (QED) is 0.377. The molecule has 0 aliphatic heterocycles. The Hall–Kier alpha value is -3.50. The second kappa shape index (κ2) is 9.97. The largest absolute Gasteiger partial charge is 0.740 e. The van der Waals surface area contributed by atoms with E-state index in [9.17, 15) is 18.4 Å². The highest BCUT2D eigenvalue weighted by atomic mass is 32.2. The van der Waals surface area contributed by atoms with Gasteiger partial charge in [0.15, 0.2) is 5.65 Å². The Morgan fingerprint density at radius 2 is 1.73 bits per heavy atom. The summed E-state index contributed by atoms with van der Waals surface area (Å²) in [5.74, 6) is 0.735. The van der Waals surface area contributed by atoms with Crippen LogP contribution in [0.5, 0.6) is 5.75 Å². The fourth-order valence-corrected chi connectivity index (χ4v) is 4.01. The van der Waals surface area contributed by atoms with E-state index in [4.69, 9.17) is 0 Å².